The van der Waals surface area contributed by atoms with E-state index >= 15 is 0 Å². The fourth-order valence-corrected chi connectivity index (χ4v) is 1.65. The van der Waals surface area contributed by atoms with Gasteiger partial charge in [0.15, 0.2) is 0 Å². The number of rotatable bonds is 4. The van der Waals surface area contributed by atoms with Crippen LogP contribution in [0.2, 0.25) is 0 Å². The van der Waals surface area contributed by atoms with Gasteiger partial charge in [-0.05, 0) is 24.9 Å². The first-order valence-corrected chi connectivity index (χ1v) is 5.67. The molecule has 0 aromatic carbocycles. The molecule has 0 amide bonds. The highest BCUT2D eigenvalue weighted by molar-refractivity contribution is 4.97. The molecule has 0 spiro atoms. The molecule has 1 unspecified atom stereocenters. The second kappa shape index (κ2) is 4.79. The van der Waals surface area contributed by atoms with Gasteiger partial charge in [0.25, 0.3) is 0 Å². The molecule has 0 radical (unpaired) electrons. The first-order valence-electron chi connectivity index (χ1n) is 5.67. The van der Waals surface area contributed by atoms with Crippen LogP contribution in [0.15, 0.2) is 12.3 Å². The van der Waals surface area contributed by atoms with Crippen LogP contribution in [-0.4, -0.2) is 22.4 Å². The number of aromatic nitrogens is 2. The van der Waals surface area contributed by atoms with Gasteiger partial charge in [0.05, 0.1) is 6.54 Å². The minimum atomic E-state index is 0.258. The molecule has 86 valence electrons. The molecule has 1 atom stereocenters. The SMILES string of the molecule is CCNC(Cn1nccc1C)C(C)(C)C. The molecule has 1 heterocycles. The van der Waals surface area contributed by atoms with Gasteiger partial charge in [-0.2, -0.15) is 5.10 Å². The summed E-state index contributed by atoms with van der Waals surface area (Å²) in [5.41, 5.74) is 1.48. The van der Waals surface area contributed by atoms with E-state index in [1.54, 1.807) is 0 Å². The van der Waals surface area contributed by atoms with E-state index in [0.717, 1.165) is 13.1 Å². The van der Waals surface area contributed by atoms with E-state index < -0.39 is 0 Å². The Labute approximate surface area is 92.9 Å². The topological polar surface area (TPSA) is 29.9 Å². The van der Waals surface area contributed by atoms with Crippen LogP contribution in [0.5, 0.6) is 0 Å². The first kappa shape index (κ1) is 12.2. The van der Waals surface area contributed by atoms with Crippen molar-refractivity contribution in [3.63, 3.8) is 0 Å². The Morgan fingerprint density at radius 1 is 1.47 bits per heavy atom. The number of nitrogens with one attached hydrogen (secondary N) is 1. The number of likely N-dealkylation sites (N-methyl/N-ethyl adjacent to an activating group) is 1. The van der Waals surface area contributed by atoms with E-state index in [-0.39, 0.29) is 5.41 Å². The summed E-state index contributed by atoms with van der Waals surface area (Å²) in [6.07, 6.45) is 1.86. The minimum absolute atomic E-state index is 0.258. The molecule has 1 rings (SSSR count). The van der Waals surface area contributed by atoms with Gasteiger partial charge in [-0.1, -0.05) is 27.7 Å². The third kappa shape index (κ3) is 3.34. The maximum absolute atomic E-state index is 4.33. The zero-order valence-corrected chi connectivity index (χ0v) is 10.5. The van der Waals surface area contributed by atoms with E-state index in [9.17, 15) is 0 Å². The van der Waals surface area contributed by atoms with Crippen LogP contribution >= 0.6 is 0 Å². The second-order valence-electron chi connectivity index (χ2n) is 5.13. The van der Waals surface area contributed by atoms with Crippen molar-refractivity contribution in [3.8, 4) is 0 Å². The first-order chi connectivity index (χ1) is 6.95. The summed E-state index contributed by atoms with van der Waals surface area (Å²) in [4.78, 5) is 0. The zero-order valence-electron chi connectivity index (χ0n) is 10.5. The van der Waals surface area contributed by atoms with Crippen molar-refractivity contribution in [2.75, 3.05) is 6.54 Å². The van der Waals surface area contributed by atoms with Gasteiger partial charge < -0.3 is 5.32 Å². The lowest BCUT2D eigenvalue weighted by Gasteiger charge is -2.31. The van der Waals surface area contributed by atoms with Crippen LogP contribution in [0, 0.1) is 12.3 Å². The van der Waals surface area contributed by atoms with Crippen molar-refractivity contribution in [1.82, 2.24) is 15.1 Å². The van der Waals surface area contributed by atoms with Gasteiger partial charge in [0.2, 0.25) is 0 Å². The Hall–Kier alpha value is -0.830. The van der Waals surface area contributed by atoms with Crippen LogP contribution in [0.4, 0.5) is 0 Å². The van der Waals surface area contributed by atoms with Crippen LogP contribution in [0.25, 0.3) is 0 Å². The quantitative estimate of drug-likeness (QED) is 0.824. The molecular formula is C12H23N3. The van der Waals surface area contributed by atoms with E-state index in [2.05, 4.69) is 49.7 Å². The molecule has 0 saturated carbocycles. The molecule has 1 N–H and O–H groups in total. The number of aryl methyl sites for hydroxylation is 1. The highest BCUT2D eigenvalue weighted by atomic mass is 15.3. The van der Waals surface area contributed by atoms with E-state index in [0.29, 0.717) is 6.04 Å². The third-order valence-electron chi connectivity index (χ3n) is 2.78. The number of nitrogens with zero attached hydrogens (tertiary/aromatic N) is 2. The maximum Gasteiger partial charge on any atom is 0.0570 e. The minimum Gasteiger partial charge on any atom is -0.312 e. The predicted molar refractivity (Wildman–Crippen MR) is 63.9 cm³/mol. The van der Waals surface area contributed by atoms with Crippen molar-refractivity contribution in [3.05, 3.63) is 18.0 Å². The summed E-state index contributed by atoms with van der Waals surface area (Å²) in [5.74, 6) is 0. The lowest BCUT2D eigenvalue weighted by molar-refractivity contribution is 0.237. The second-order valence-corrected chi connectivity index (χ2v) is 5.13. The van der Waals surface area contributed by atoms with Gasteiger partial charge in [-0.25, -0.2) is 0 Å². The zero-order chi connectivity index (χ0) is 11.5. The molecule has 0 aliphatic carbocycles. The van der Waals surface area contributed by atoms with Gasteiger partial charge in [-0.3, -0.25) is 4.68 Å². The van der Waals surface area contributed by atoms with Crippen LogP contribution in [0.1, 0.15) is 33.4 Å². The Morgan fingerprint density at radius 3 is 2.53 bits per heavy atom. The highest BCUT2D eigenvalue weighted by Gasteiger charge is 2.24. The smallest absolute Gasteiger partial charge is 0.0570 e. The summed E-state index contributed by atoms with van der Waals surface area (Å²) in [5, 5.41) is 7.86. The Kier molecular flexibility index (Phi) is 3.91. The molecule has 0 saturated heterocycles. The monoisotopic (exact) mass is 209 g/mol. The summed E-state index contributed by atoms with van der Waals surface area (Å²) < 4.78 is 2.07. The van der Waals surface area contributed by atoms with Crippen molar-refractivity contribution >= 4 is 0 Å². The highest BCUT2D eigenvalue weighted by Crippen LogP contribution is 2.20. The van der Waals surface area contributed by atoms with Crippen molar-refractivity contribution in [2.24, 2.45) is 5.41 Å². The molecule has 3 nitrogen and oxygen atoms in total. The van der Waals surface area contributed by atoms with Gasteiger partial charge in [0.1, 0.15) is 0 Å². The molecule has 1 aromatic rings. The van der Waals surface area contributed by atoms with Gasteiger partial charge >= 0.3 is 0 Å². The Bertz CT molecular complexity index is 296. The standard InChI is InChI=1S/C12H23N3/c1-6-13-11(12(3,4)5)9-15-10(2)7-8-14-15/h7-8,11,13H,6,9H2,1-5H3. The lowest BCUT2D eigenvalue weighted by atomic mass is 9.86. The molecule has 0 fully saturated rings. The van der Waals surface area contributed by atoms with Gasteiger partial charge in [0, 0.05) is 17.9 Å². The molecule has 0 bridgehead atoms. The fraction of sp³-hybridized carbons (Fsp3) is 0.750. The fourth-order valence-electron chi connectivity index (χ4n) is 1.65. The van der Waals surface area contributed by atoms with E-state index in [1.807, 2.05) is 12.3 Å². The molecule has 15 heavy (non-hydrogen) atoms. The van der Waals surface area contributed by atoms with E-state index in [1.165, 1.54) is 5.69 Å². The van der Waals surface area contributed by atoms with Crippen LogP contribution < -0.4 is 5.32 Å². The van der Waals surface area contributed by atoms with Crippen LogP contribution in [-0.2, 0) is 6.54 Å². The molecule has 3 heteroatoms. The lowest BCUT2D eigenvalue weighted by Crippen LogP contribution is -2.43. The average Bonchev–Trinajstić information content (AvgIpc) is 2.49. The van der Waals surface area contributed by atoms with Crippen molar-refractivity contribution in [1.29, 1.82) is 0 Å². The molecule has 1 aromatic heterocycles. The Balaban J connectivity index is 2.71. The summed E-state index contributed by atoms with van der Waals surface area (Å²) >= 11 is 0. The molecule has 0 aliphatic rings. The van der Waals surface area contributed by atoms with Crippen LogP contribution in [0.3, 0.4) is 0 Å². The Morgan fingerprint density at radius 2 is 2.13 bits per heavy atom. The number of hydrogen-bond donors (Lipinski definition) is 1. The third-order valence-corrected chi connectivity index (χ3v) is 2.78. The van der Waals surface area contributed by atoms with Crippen molar-refractivity contribution < 1.29 is 0 Å². The van der Waals surface area contributed by atoms with Gasteiger partial charge in [-0.15, -0.1) is 0 Å². The normalized spacial score (nSPS) is 14.2. The summed E-state index contributed by atoms with van der Waals surface area (Å²) in [6.45, 7) is 13.0. The molecule has 0 aliphatic heterocycles. The van der Waals surface area contributed by atoms with E-state index in [4.69, 9.17) is 0 Å². The largest absolute Gasteiger partial charge is 0.312 e. The van der Waals surface area contributed by atoms with Crippen molar-refractivity contribution in [2.45, 2.75) is 47.2 Å². The number of hydrogen-bond acceptors (Lipinski definition) is 2. The molecular weight excluding hydrogens is 186 g/mol. The summed E-state index contributed by atoms with van der Waals surface area (Å²) in [7, 11) is 0. The average molecular weight is 209 g/mol. The maximum atomic E-state index is 4.33. The predicted octanol–water partition coefficient (Wildman–Crippen LogP) is 2.22. The summed E-state index contributed by atoms with van der Waals surface area (Å²) in [6, 6.07) is 2.51.